The van der Waals surface area contributed by atoms with Crippen molar-refractivity contribution in [3.8, 4) is 0 Å². The van der Waals surface area contributed by atoms with Crippen molar-refractivity contribution in [2.24, 2.45) is 5.92 Å². The van der Waals surface area contributed by atoms with Crippen LogP contribution in [-0.2, 0) is 0 Å². The summed E-state index contributed by atoms with van der Waals surface area (Å²) in [6.07, 6.45) is 5.93. The van der Waals surface area contributed by atoms with Crippen LogP contribution in [0.5, 0.6) is 0 Å². The number of pyridine rings is 1. The molecule has 1 aliphatic carbocycles. The maximum atomic E-state index is 5.91. The number of hydrogen-bond acceptors (Lipinski definition) is 4. The Morgan fingerprint density at radius 2 is 2.12 bits per heavy atom. The summed E-state index contributed by atoms with van der Waals surface area (Å²) in [4.78, 5) is 4.33. The largest absolute Gasteiger partial charge is 0.396 e. The molecule has 0 aliphatic heterocycles. The van der Waals surface area contributed by atoms with Crippen molar-refractivity contribution in [2.75, 3.05) is 11.5 Å². The van der Waals surface area contributed by atoms with Gasteiger partial charge in [0.25, 0.3) is 0 Å². The smallest absolute Gasteiger partial charge is 0.160 e. The summed E-state index contributed by atoms with van der Waals surface area (Å²) in [5.41, 5.74) is 13.6. The van der Waals surface area contributed by atoms with E-state index in [1.54, 1.807) is 12.4 Å². The van der Waals surface area contributed by atoms with Crippen LogP contribution in [0.2, 0.25) is 0 Å². The first kappa shape index (κ1) is 9.45. The summed E-state index contributed by atoms with van der Waals surface area (Å²) < 4.78 is 1.96. The molecule has 0 amide bonds. The number of fused-ring (bicyclic) bond motifs is 1. The Hall–Kier alpha value is -1.78. The van der Waals surface area contributed by atoms with Crippen molar-refractivity contribution in [1.29, 1.82) is 0 Å². The minimum atomic E-state index is 0.396. The zero-order valence-corrected chi connectivity index (χ0v) is 9.22. The first-order valence-corrected chi connectivity index (χ1v) is 5.55. The summed E-state index contributed by atoms with van der Waals surface area (Å²) in [5, 5.41) is 5.23. The van der Waals surface area contributed by atoms with Gasteiger partial charge in [0.05, 0.1) is 35.2 Å². The van der Waals surface area contributed by atoms with Crippen molar-refractivity contribution < 1.29 is 0 Å². The fourth-order valence-electron chi connectivity index (χ4n) is 2.11. The fraction of sp³-hybridized carbons (Fsp3) is 0.455. The molecule has 3 rings (SSSR count). The van der Waals surface area contributed by atoms with Gasteiger partial charge < -0.3 is 11.5 Å². The van der Waals surface area contributed by atoms with Gasteiger partial charge in [-0.3, -0.25) is 0 Å². The second-order valence-corrected chi connectivity index (χ2v) is 4.53. The minimum absolute atomic E-state index is 0.396. The third-order valence-corrected chi connectivity index (χ3v) is 3.39. The topological polar surface area (TPSA) is 82.8 Å². The number of nitrogen functional groups attached to an aromatic ring is 2. The van der Waals surface area contributed by atoms with Crippen LogP contribution in [0, 0.1) is 5.92 Å². The van der Waals surface area contributed by atoms with Crippen LogP contribution in [0.25, 0.3) is 11.0 Å². The van der Waals surface area contributed by atoms with E-state index in [-0.39, 0.29) is 0 Å². The maximum Gasteiger partial charge on any atom is 0.160 e. The standard InChI is InChI=1S/C11H15N5/c1-6(7-2-3-7)16-11-8(4-15-16)10(13)9(12)5-14-11/h4-7H,2-3,12H2,1H3,(H2,13,14)/t6-/m0/s1. The van der Waals surface area contributed by atoms with Crippen molar-refractivity contribution in [3.63, 3.8) is 0 Å². The molecule has 1 atom stereocenters. The molecule has 1 saturated carbocycles. The van der Waals surface area contributed by atoms with Gasteiger partial charge in [-0.05, 0) is 25.7 Å². The zero-order chi connectivity index (χ0) is 11.3. The maximum absolute atomic E-state index is 5.91. The highest BCUT2D eigenvalue weighted by Crippen LogP contribution is 2.40. The lowest BCUT2D eigenvalue weighted by atomic mass is 10.2. The highest BCUT2D eigenvalue weighted by molar-refractivity contribution is 5.93. The highest BCUT2D eigenvalue weighted by atomic mass is 15.3. The SMILES string of the molecule is C[C@@H](C1CC1)n1ncc2c(N)c(N)cnc21. The molecule has 5 heteroatoms. The third-order valence-electron chi connectivity index (χ3n) is 3.39. The Morgan fingerprint density at radius 1 is 1.38 bits per heavy atom. The van der Waals surface area contributed by atoms with E-state index < -0.39 is 0 Å². The molecule has 1 fully saturated rings. The van der Waals surface area contributed by atoms with Crippen molar-refractivity contribution >= 4 is 22.4 Å². The Morgan fingerprint density at radius 3 is 2.81 bits per heavy atom. The molecule has 1 aliphatic rings. The fourth-order valence-corrected chi connectivity index (χ4v) is 2.11. The van der Waals surface area contributed by atoms with Gasteiger partial charge in [-0.15, -0.1) is 0 Å². The Balaban J connectivity index is 2.16. The number of aromatic nitrogens is 3. The summed E-state index contributed by atoms with van der Waals surface area (Å²) in [5.74, 6) is 0.740. The van der Waals surface area contributed by atoms with Crippen molar-refractivity contribution in [1.82, 2.24) is 14.8 Å². The lowest BCUT2D eigenvalue weighted by molar-refractivity contribution is 0.451. The Kier molecular flexibility index (Phi) is 1.83. The zero-order valence-electron chi connectivity index (χ0n) is 9.22. The normalized spacial score (nSPS) is 17.8. The lowest BCUT2D eigenvalue weighted by Crippen LogP contribution is -2.09. The van der Waals surface area contributed by atoms with Gasteiger partial charge in [0.15, 0.2) is 5.65 Å². The van der Waals surface area contributed by atoms with Gasteiger partial charge >= 0.3 is 0 Å². The van der Waals surface area contributed by atoms with Crippen molar-refractivity contribution in [2.45, 2.75) is 25.8 Å². The monoisotopic (exact) mass is 217 g/mol. The van der Waals surface area contributed by atoms with E-state index in [1.807, 2.05) is 4.68 Å². The summed E-state index contributed by atoms with van der Waals surface area (Å²) in [7, 11) is 0. The number of nitrogens with zero attached hydrogens (tertiary/aromatic N) is 3. The molecule has 0 unspecified atom stereocenters. The van der Waals surface area contributed by atoms with Crippen LogP contribution < -0.4 is 11.5 Å². The molecule has 84 valence electrons. The third kappa shape index (κ3) is 1.24. The highest BCUT2D eigenvalue weighted by Gasteiger charge is 2.30. The Labute approximate surface area is 93.4 Å². The molecule has 0 aromatic carbocycles. The van der Waals surface area contributed by atoms with Gasteiger partial charge in [-0.1, -0.05) is 0 Å². The van der Waals surface area contributed by atoms with Crippen LogP contribution in [-0.4, -0.2) is 14.8 Å². The molecular weight excluding hydrogens is 202 g/mol. The quantitative estimate of drug-likeness (QED) is 0.799. The van der Waals surface area contributed by atoms with Crippen LogP contribution in [0.3, 0.4) is 0 Å². The van der Waals surface area contributed by atoms with E-state index in [2.05, 4.69) is 17.0 Å². The van der Waals surface area contributed by atoms with Crippen LogP contribution in [0.4, 0.5) is 11.4 Å². The van der Waals surface area contributed by atoms with E-state index in [0.29, 0.717) is 17.4 Å². The van der Waals surface area contributed by atoms with Gasteiger partial charge in [0.2, 0.25) is 0 Å². The van der Waals surface area contributed by atoms with Gasteiger partial charge in [0, 0.05) is 0 Å². The molecule has 0 saturated heterocycles. The molecule has 0 spiro atoms. The molecule has 0 bridgehead atoms. The summed E-state index contributed by atoms with van der Waals surface area (Å²) in [6, 6.07) is 0.396. The second-order valence-electron chi connectivity index (χ2n) is 4.53. The molecule has 5 nitrogen and oxygen atoms in total. The number of anilines is 2. The van der Waals surface area contributed by atoms with E-state index in [4.69, 9.17) is 11.5 Å². The van der Waals surface area contributed by atoms with Gasteiger partial charge in [-0.25, -0.2) is 9.67 Å². The van der Waals surface area contributed by atoms with E-state index >= 15 is 0 Å². The predicted octanol–water partition coefficient (Wildman–Crippen LogP) is 1.57. The molecule has 2 heterocycles. The summed E-state index contributed by atoms with van der Waals surface area (Å²) >= 11 is 0. The average molecular weight is 217 g/mol. The van der Waals surface area contributed by atoms with Crippen LogP contribution >= 0.6 is 0 Å². The van der Waals surface area contributed by atoms with Crippen LogP contribution in [0.15, 0.2) is 12.4 Å². The van der Waals surface area contributed by atoms with Gasteiger partial charge in [0.1, 0.15) is 0 Å². The molecule has 4 N–H and O–H groups in total. The van der Waals surface area contributed by atoms with Gasteiger partial charge in [-0.2, -0.15) is 5.10 Å². The Bertz CT molecular complexity index is 541. The van der Waals surface area contributed by atoms with E-state index in [9.17, 15) is 0 Å². The lowest BCUT2D eigenvalue weighted by Gasteiger charge is -2.11. The molecule has 2 aromatic heterocycles. The first-order valence-electron chi connectivity index (χ1n) is 5.55. The number of rotatable bonds is 2. The molecule has 16 heavy (non-hydrogen) atoms. The minimum Gasteiger partial charge on any atom is -0.396 e. The van der Waals surface area contributed by atoms with Crippen LogP contribution in [0.1, 0.15) is 25.8 Å². The molecule has 2 aromatic rings. The number of hydrogen-bond donors (Lipinski definition) is 2. The first-order chi connectivity index (χ1) is 7.68. The van der Waals surface area contributed by atoms with E-state index in [0.717, 1.165) is 17.0 Å². The second kappa shape index (κ2) is 3.10. The van der Waals surface area contributed by atoms with E-state index in [1.165, 1.54) is 12.8 Å². The summed E-state index contributed by atoms with van der Waals surface area (Å²) in [6.45, 7) is 2.18. The number of nitrogens with two attached hydrogens (primary N) is 2. The molecule has 0 radical (unpaired) electrons. The molecular formula is C11H15N5. The predicted molar refractivity (Wildman–Crippen MR) is 63.8 cm³/mol. The average Bonchev–Trinajstić information content (AvgIpc) is 3.03. The van der Waals surface area contributed by atoms with Crippen molar-refractivity contribution in [3.05, 3.63) is 12.4 Å².